The predicted molar refractivity (Wildman–Crippen MR) is 153 cm³/mol. The summed E-state index contributed by atoms with van der Waals surface area (Å²) in [6.45, 7) is 2.43. The number of hydrogen-bond acceptors (Lipinski definition) is 7. The molecule has 12 heteroatoms. The molecule has 202 valence electrons. The highest BCUT2D eigenvalue weighted by molar-refractivity contribution is 8.04. The Morgan fingerprint density at radius 1 is 1.00 bits per heavy atom. The summed E-state index contributed by atoms with van der Waals surface area (Å²) < 4.78 is 17.0. The minimum Gasteiger partial charge on any atom is -0.496 e. The molecule has 2 N–H and O–H groups in total. The van der Waals surface area contributed by atoms with Gasteiger partial charge in [-0.15, -0.1) is 5.10 Å². The van der Waals surface area contributed by atoms with Crippen LogP contribution in [0, 0.1) is 0 Å². The molecule has 0 amide bonds. The van der Waals surface area contributed by atoms with Crippen molar-refractivity contribution in [3.8, 4) is 28.6 Å². The van der Waals surface area contributed by atoms with Gasteiger partial charge in [-0.1, -0.05) is 46.9 Å². The summed E-state index contributed by atoms with van der Waals surface area (Å²) in [5, 5.41) is 18.5. The summed E-state index contributed by atoms with van der Waals surface area (Å²) in [5.41, 5.74) is 1.95. The Labute approximate surface area is 243 Å². The van der Waals surface area contributed by atoms with E-state index < -0.39 is 5.97 Å². The number of thioether (sulfide) groups is 1. The SMILES string of the molecule is CCOc1cc(/C=C(\Sc2n[nH]c(-c3cc(Cl)ccc3OC)n2)C(=O)O)ccc1OCc1ccc(Cl)cc1Cl. The first-order chi connectivity index (χ1) is 18.8. The molecule has 0 aliphatic heterocycles. The van der Waals surface area contributed by atoms with Crippen LogP contribution in [0.4, 0.5) is 0 Å². The molecule has 3 aromatic carbocycles. The van der Waals surface area contributed by atoms with Crippen LogP contribution in [0.25, 0.3) is 17.5 Å². The van der Waals surface area contributed by atoms with E-state index in [0.29, 0.717) is 55.9 Å². The number of carboxylic acid groups (broad SMARTS) is 1. The number of hydrogen-bond donors (Lipinski definition) is 2. The summed E-state index contributed by atoms with van der Waals surface area (Å²) in [6.07, 6.45) is 1.51. The zero-order valence-corrected chi connectivity index (χ0v) is 23.8. The quantitative estimate of drug-likeness (QED) is 0.133. The highest BCUT2D eigenvalue weighted by atomic mass is 35.5. The van der Waals surface area contributed by atoms with Gasteiger partial charge in [0.1, 0.15) is 17.3 Å². The van der Waals surface area contributed by atoms with Crippen molar-refractivity contribution in [2.45, 2.75) is 18.7 Å². The number of benzene rings is 3. The molecule has 0 bridgehead atoms. The molecule has 0 aliphatic rings. The van der Waals surface area contributed by atoms with Crippen molar-refractivity contribution in [2.24, 2.45) is 0 Å². The second-order valence-corrected chi connectivity index (χ2v) is 10.2. The molecule has 0 atom stereocenters. The number of nitrogens with zero attached hydrogens (tertiary/aromatic N) is 2. The van der Waals surface area contributed by atoms with Gasteiger partial charge in [0.05, 0.1) is 19.3 Å². The smallest absolute Gasteiger partial charge is 0.342 e. The molecule has 0 saturated heterocycles. The molecule has 1 aromatic heterocycles. The van der Waals surface area contributed by atoms with Crippen LogP contribution < -0.4 is 14.2 Å². The second-order valence-electron chi connectivity index (χ2n) is 7.89. The van der Waals surface area contributed by atoms with Crippen LogP contribution in [-0.4, -0.2) is 40.0 Å². The summed E-state index contributed by atoms with van der Waals surface area (Å²) in [4.78, 5) is 16.5. The molecule has 39 heavy (non-hydrogen) atoms. The molecule has 0 aliphatic carbocycles. The maximum absolute atomic E-state index is 12.1. The highest BCUT2D eigenvalue weighted by Gasteiger charge is 2.17. The number of carbonyl (C=O) groups is 1. The van der Waals surface area contributed by atoms with Crippen molar-refractivity contribution >= 4 is 58.6 Å². The summed E-state index contributed by atoms with van der Waals surface area (Å²) in [5.74, 6) is 0.744. The van der Waals surface area contributed by atoms with Crippen LogP contribution >= 0.6 is 46.6 Å². The lowest BCUT2D eigenvalue weighted by molar-refractivity contribution is -0.131. The fourth-order valence-electron chi connectivity index (χ4n) is 3.46. The Morgan fingerprint density at radius 2 is 1.74 bits per heavy atom. The third-order valence-electron chi connectivity index (χ3n) is 5.26. The van der Waals surface area contributed by atoms with Crippen LogP contribution in [-0.2, 0) is 11.4 Å². The molecule has 0 fully saturated rings. The Hall–Kier alpha value is -3.37. The van der Waals surface area contributed by atoms with E-state index in [1.54, 1.807) is 54.6 Å². The molecular weight excluding hydrogens is 585 g/mol. The Bertz CT molecular complexity index is 1530. The molecule has 4 rings (SSSR count). The average molecular weight is 607 g/mol. The van der Waals surface area contributed by atoms with E-state index in [4.69, 9.17) is 49.0 Å². The number of carboxylic acids is 1. The van der Waals surface area contributed by atoms with Gasteiger partial charge in [-0.25, -0.2) is 9.78 Å². The standard InChI is InChI=1S/C27H22Cl3N3O5S/c1-3-37-23-10-15(4-8-22(23)38-14-16-5-6-18(29)13-20(16)30)11-24(26(34)35)39-27-31-25(32-33-27)19-12-17(28)7-9-21(19)36-2/h4-13H,3,14H2,1-2H3,(H,34,35)(H,31,32,33)/b24-11-. The molecule has 4 aromatic rings. The average Bonchev–Trinajstić information content (AvgIpc) is 3.37. The fraction of sp³-hybridized carbons (Fsp3) is 0.148. The zero-order chi connectivity index (χ0) is 27.9. The normalized spacial score (nSPS) is 11.4. The van der Waals surface area contributed by atoms with Crippen LogP contribution in [0.3, 0.4) is 0 Å². The number of aromatic amines is 1. The van der Waals surface area contributed by atoms with Crippen LogP contribution in [0.5, 0.6) is 17.2 Å². The molecule has 0 radical (unpaired) electrons. The van der Waals surface area contributed by atoms with Gasteiger partial charge in [0.15, 0.2) is 17.3 Å². The van der Waals surface area contributed by atoms with Crippen LogP contribution in [0.2, 0.25) is 15.1 Å². The van der Waals surface area contributed by atoms with Crippen molar-refractivity contribution in [3.05, 3.63) is 85.7 Å². The van der Waals surface area contributed by atoms with Gasteiger partial charge >= 0.3 is 5.97 Å². The van der Waals surface area contributed by atoms with E-state index in [0.717, 1.165) is 17.3 Å². The molecule has 0 saturated carbocycles. The first-order valence-electron chi connectivity index (χ1n) is 11.5. The largest absolute Gasteiger partial charge is 0.496 e. The number of halogens is 3. The third kappa shape index (κ3) is 7.39. The molecule has 8 nitrogen and oxygen atoms in total. The summed E-state index contributed by atoms with van der Waals surface area (Å²) in [7, 11) is 1.53. The number of rotatable bonds is 11. The maximum Gasteiger partial charge on any atom is 0.342 e. The van der Waals surface area contributed by atoms with Crippen LogP contribution in [0.1, 0.15) is 18.1 Å². The monoisotopic (exact) mass is 605 g/mol. The van der Waals surface area contributed by atoms with Gasteiger partial charge < -0.3 is 19.3 Å². The Kier molecular flexibility index (Phi) is 9.63. The molecule has 1 heterocycles. The molecular formula is C27H22Cl3N3O5S. The topological polar surface area (TPSA) is 107 Å². The molecule has 0 spiro atoms. The fourth-order valence-corrected chi connectivity index (χ4v) is 4.80. The Morgan fingerprint density at radius 3 is 2.46 bits per heavy atom. The van der Waals surface area contributed by atoms with E-state index >= 15 is 0 Å². The first-order valence-corrected chi connectivity index (χ1v) is 13.4. The van der Waals surface area contributed by atoms with E-state index in [2.05, 4.69) is 15.2 Å². The number of nitrogens with one attached hydrogen (secondary N) is 1. The lowest BCUT2D eigenvalue weighted by Crippen LogP contribution is -2.01. The lowest BCUT2D eigenvalue weighted by Gasteiger charge is -2.13. The van der Waals surface area contributed by atoms with E-state index in [1.165, 1.54) is 13.2 Å². The van der Waals surface area contributed by atoms with Gasteiger partial charge in [0, 0.05) is 20.6 Å². The number of ether oxygens (including phenoxy) is 3. The minimum absolute atomic E-state index is 0.00247. The molecule has 0 unspecified atom stereocenters. The van der Waals surface area contributed by atoms with Gasteiger partial charge in [0.25, 0.3) is 0 Å². The van der Waals surface area contributed by atoms with Crippen LogP contribution in [0.15, 0.2) is 64.7 Å². The van der Waals surface area contributed by atoms with E-state index in [-0.39, 0.29) is 16.7 Å². The highest BCUT2D eigenvalue weighted by Crippen LogP contribution is 2.35. The Balaban J connectivity index is 1.55. The van der Waals surface area contributed by atoms with Gasteiger partial charge in [-0.05, 0) is 72.8 Å². The van der Waals surface area contributed by atoms with E-state index in [9.17, 15) is 9.90 Å². The summed E-state index contributed by atoms with van der Waals surface area (Å²) in [6, 6.07) is 15.4. The van der Waals surface area contributed by atoms with Crippen molar-refractivity contribution in [1.82, 2.24) is 15.2 Å². The second kappa shape index (κ2) is 13.1. The van der Waals surface area contributed by atoms with Gasteiger partial charge in [-0.2, -0.15) is 0 Å². The van der Waals surface area contributed by atoms with Gasteiger partial charge in [-0.3, -0.25) is 5.10 Å². The minimum atomic E-state index is -1.14. The lowest BCUT2D eigenvalue weighted by atomic mass is 10.2. The first kappa shape index (κ1) is 28.6. The number of aromatic nitrogens is 3. The number of methoxy groups -OCH3 is 1. The number of H-pyrrole nitrogens is 1. The van der Waals surface area contributed by atoms with E-state index in [1.807, 2.05) is 6.92 Å². The zero-order valence-electron chi connectivity index (χ0n) is 20.7. The third-order valence-corrected chi connectivity index (χ3v) is 6.96. The van der Waals surface area contributed by atoms with Crippen molar-refractivity contribution < 1.29 is 24.1 Å². The van der Waals surface area contributed by atoms with Crippen molar-refractivity contribution in [2.75, 3.05) is 13.7 Å². The predicted octanol–water partition coefficient (Wildman–Crippen LogP) is 7.64. The number of aliphatic carboxylic acids is 1. The van der Waals surface area contributed by atoms with Gasteiger partial charge in [0.2, 0.25) is 5.16 Å². The summed E-state index contributed by atoms with van der Waals surface area (Å²) >= 11 is 19.2. The van der Waals surface area contributed by atoms with Crippen molar-refractivity contribution in [1.29, 1.82) is 0 Å². The van der Waals surface area contributed by atoms with Crippen molar-refractivity contribution in [3.63, 3.8) is 0 Å². The maximum atomic E-state index is 12.1.